The van der Waals surface area contributed by atoms with E-state index in [1.807, 2.05) is 48.7 Å². The first-order chi connectivity index (χ1) is 14.1. The number of amides is 1. The van der Waals surface area contributed by atoms with Crippen LogP contribution >= 0.6 is 0 Å². The number of methoxy groups -OCH3 is 1. The van der Waals surface area contributed by atoms with Crippen LogP contribution in [0.1, 0.15) is 36.1 Å². The van der Waals surface area contributed by atoms with Crippen LogP contribution < -0.4 is 5.32 Å². The predicted molar refractivity (Wildman–Crippen MR) is 115 cm³/mol. The van der Waals surface area contributed by atoms with Crippen LogP contribution in [0.3, 0.4) is 0 Å². The van der Waals surface area contributed by atoms with Gasteiger partial charge in [0.25, 0.3) is 5.91 Å². The van der Waals surface area contributed by atoms with Crippen molar-refractivity contribution in [3.63, 3.8) is 0 Å². The number of hydrogen-bond donors (Lipinski definition) is 2. The van der Waals surface area contributed by atoms with Gasteiger partial charge in [-0.25, -0.2) is 4.98 Å². The van der Waals surface area contributed by atoms with Crippen molar-refractivity contribution >= 4 is 27.8 Å². The molecule has 1 amide bonds. The van der Waals surface area contributed by atoms with Gasteiger partial charge in [-0.05, 0) is 41.6 Å². The number of nitrogens with one attached hydrogen (secondary N) is 2. The molecule has 29 heavy (non-hydrogen) atoms. The Labute approximate surface area is 169 Å². The largest absolute Gasteiger partial charge is 0.383 e. The van der Waals surface area contributed by atoms with Gasteiger partial charge in [0, 0.05) is 30.9 Å². The smallest absolute Gasteiger partial charge is 0.251 e. The third-order valence-electron chi connectivity index (χ3n) is 5.23. The number of carbonyl (C=O) groups excluding carboxylic acids is 1. The Morgan fingerprint density at radius 3 is 2.79 bits per heavy atom. The maximum atomic E-state index is 13.1. The lowest BCUT2D eigenvalue weighted by Gasteiger charge is -2.20. The second kappa shape index (κ2) is 8.09. The van der Waals surface area contributed by atoms with Gasteiger partial charge < -0.3 is 19.6 Å². The van der Waals surface area contributed by atoms with E-state index in [4.69, 9.17) is 4.74 Å². The zero-order valence-electron chi connectivity index (χ0n) is 17.0. The summed E-state index contributed by atoms with van der Waals surface area (Å²) in [6.45, 7) is 5.54. The van der Waals surface area contributed by atoms with E-state index in [-0.39, 0.29) is 17.9 Å². The molecule has 0 radical (unpaired) electrons. The van der Waals surface area contributed by atoms with Crippen LogP contribution in [0.4, 0.5) is 0 Å². The second-order valence-corrected chi connectivity index (χ2v) is 7.61. The molecule has 2 N–H and O–H groups in total. The molecule has 4 rings (SSSR count). The average Bonchev–Trinajstić information content (AvgIpc) is 3.33. The quantitative estimate of drug-likeness (QED) is 0.494. The van der Waals surface area contributed by atoms with Crippen LogP contribution in [-0.2, 0) is 11.3 Å². The molecule has 1 atom stereocenters. The number of ether oxygens (including phenoxy) is 1. The molecular formula is C23H26N4O2. The average molecular weight is 390 g/mol. The van der Waals surface area contributed by atoms with Crippen LogP contribution in [-0.4, -0.2) is 34.2 Å². The van der Waals surface area contributed by atoms with Gasteiger partial charge >= 0.3 is 0 Å². The number of aromatic nitrogens is 3. The van der Waals surface area contributed by atoms with E-state index in [0.717, 1.165) is 34.3 Å². The molecule has 2 aromatic carbocycles. The number of nitrogens with zero attached hydrogens (tertiary/aromatic N) is 2. The molecule has 0 fully saturated rings. The molecule has 6 nitrogen and oxygen atoms in total. The van der Waals surface area contributed by atoms with Crippen LogP contribution in [0.25, 0.3) is 21.9 Å². The molecule has 0 bridgehead atoms. The van der Waals surface area contributed by atoms with E-state index < -0.39 is 0 Å². The molecule has 0 aliphatic rings. The second-order valence-electron chi connectivity index (χ2n) is 7.61. The number of carbonyl (C=O) groups is 1. The lowest BCUT2D eigenvalue weighted by Crippen LogP contribution is -2.32. The van der Waals surface area contributed by atoms with Crippen LogP contribution in [0.5, 0.6) is 0 Å². The summed E-state index contributed by atoms with van der Waals surface area (Å²) in [5.41, 5.74) is 3.54. The fourth-order valence-corrected chi connectivity index (χ4v) is 3.60. The molecule has 2 heterocycles. The highest BCUT2D eigenvalue weighted by atomic mass is 16.5. The maximum absolute atomic E-state index is 13.1. The van der Waals surface area contributed by atoms with Gasteiger partial charge in [0.15, 0.2) is 0 Å². The van der Waals surface area contributed by atoms with Crippen molar-refractivity contribution < 1.29 is 9.53 Å². The number of fused-ring (bicyclic) bond motifs is 2. The normalized spacial score (nSPS) is 12.7. The Morgan fingerprint density at radius 1 is 1.21 bits per heavy atom. The number of para-hydroxylation sites is 2. The number of aromatic amines is 1. The Kier molecular flexibility index (Phi) is 5.36. The summed E-state index contributed by atoms with van der Waals surface area (Å²) in [4.78, 5) is 21.1. The van der Waals surface area contributed by atoms with Crippen molar-refractivity contribution in [1.29, 1.82) is 0 Å². The molecular weight excluding hydrogens is 364 g/mol. The third kappa shape index (κ3) is 3.89. The summed E-state index contributed by atoms with van der Waals surface area (Å²) in [6.07, 6.45) is 2.02. The Hall–Kier alpha value is -3.12. The Balaban J connectivity index is 1.60. The molecule has 0 unspecified atom stereocenters. The van der Waals surface area contributed by atoms with E-state index in [1.165, 1.54) is 0 Å². The van der Waals surface area contributed by atoms with Gasteiger partial charge in [-0.2, -0.15) is 0 Å². The fourth-order valence-electron chi connectivity index (χ4n) is 3.60. The summed E-state index contributed by atoms with van der Waals surface area (Å²) in [5, 5.41) is 4.27. The van der Waals surface area contributed by atoms with Gasteiger partial charge in [0.1, 0.15) is 5.82 Å². The first-order valence-corrected chi connectivity index (χ1v) is 9.90. The van der Waals surface area contributed by atoms with Crippen molar-refractivity contribution in [2.75, 3.05) is 13.7 Å². The highest BCUT2D eigenvalue weighted by molar-refractivity contribution is 5.98. The minimum Gasteiger partial charge on any atom is -0.383 e. The van der Waals surface area contributed by atoms with Crippen molar-refractivity contribution in [2.45, 2.75) is 26.4 Å². The van der Waals surface area contributed by atoms with E-state index in [2.05, 4.69) is 39.8 Å². The molecule has 6 heteroatoms. The first kappa shape index (κ1) is 19.2. The van der Waals surface area contributed by atoms with Gasteiger partial charge in [-0.3, -0.25) is 4.79 Å². The molecule has 0 aliphatic heterocycles. The van der Waals surface area contributed by atoms with Crippen molar-refractivity contribution in [1.82, 2.24) is 19.9 Å². The first-order valence-electron chi connectivity index (χ1n) is 9.90. The number of hydrogen-bond acceptors (Lipinski definition) is 3. The van der Waals surface area contributed by atoms with Crippen molar-refractivity contribution in [2.24, 2.45) is 5.92 Å². The maximum Gasteiger partial charge on any atom is 0.251 e. The van der Waals surface area contributed by atoms with Gasteiger partial charge in [-0.1, -0.05) is 32.0 Å². The summed E-state index contributed by atoms with van der Waals surface area (Å²) in [7, 11) is 1.69. The molecule has 2 aromatic heterocycles. The fraction of sp³-hybridized carbons (Fsp3) is 0.304. The van der Waals surface area contributed by atoms with Crippen molar-refractivity contribution in [3.8, 4) is 0 Å². The Morgan fingerprint density at radius 2 is 2.03 bits per heavy atom. The highest BCUT2D eigenvalue weighted by Crippen LogP contribution is 2.24. The molecule has 0 aliphatic carbocycles. The van der Waals surface area contributed by atoms with Crippen molar-refractivity contribution in [3.05, 3.63) is 66.1 Å². The molecule has 0 saturated heterocycles. The summed E-state index contributed by atoms with van der Waals surface area (Å²) >= 11 is 0. The van der Waals surface area contributed by atoms with Crippen LogP contribution in [0.2, 0.25) is 0 Å². The standard InChI is InChI=1S/C23H26N4O2/c1-15(2)21(22-24-18-6-4-5-7-19(18)25-22)26-23(28)17-9-8-16-10-11-27(12-13-29-3)20(16)14-17/h4-11,14-15,21H,12-13H2,1-3H3,(H,24,25)(H,26,28)/t21-/m0/s1. The third-order valence-corrected chi connectivity index (χ3v) is 5.23. The van der Waals surface area contributed by atoms with Gasteiger partial charge in [-0.15, -0.1) is 0 Å². The molecule has 0 spiro atoms. The lowest BCUT2D eigenvalue weighted by molar-refractivity contribution is 0.0923. The Bertz CT molecular complexity index is 1110. The minimum absolute atomic E-state index is 0.106. The minimum atomic E-state index is -0.203. The summed E-state index contributed by atoms with van der Waals surface area (Å²) in [6, 6.07) is 15.5. The molecule has 0 saturated carbocycles. The van der Waals surface area contributed by atoms with E-state index >= 15 is 0 Å². The monoisotopic (exact) mass is 390 g/mol. The predicted octanol–water partition coefficient (Wildman–Crippen LogP) is 4.29. The van der Waals surface area contributed by atoms with Crippen LogP contribution in [0, 0.1) is 5.92 Å². The van der Waals surface area contributed by atoms with E-state index in [9.17, 15) is 4.79 Å². The number of imidazole rings is 1. The van der Waals surface area contributed by atoms with Crippen LogP contribution in [0.15, 0.2) is 54.7 Å². The number of H-pyrrole nitrogens is 1. The molecule has 4 aromatic rings. The zero-order chi connectivity index (χ0) is 20.4. The number of benzene rings is 2. The summed E-state index contributed by atoms with van der Waals surface area (Å²) in [5.74, 6) is 0.860. The van der Waals surface area contributed by atoms with E-state index in [0.29, 0.717) is 12.2 Å². The van der Waals surface area contributed by atoms with Gasteiger partial charge in [0.2, 0.25) is 0 Å². The number of rotatable bonds is 7. The molecule has 150 valence electrons. The van der Waals surface area contributed by atoms with E-state index in [1.54, 1.807) is 7.11 Å². The topological polar surface area (TPSA) is 71.9 Å². The summed E-state index contributed by atoms with van der Waals surface area (Å²) < 4.78 is 7.29. The van der Waals surface area contributed by atoms with Gasteiger partial charge in [0.05, 0.1) is 23.7 Å². The SMILES string of the molecule is COCCn1ccc2ccc(C(=O)N[C@H](c3nc4ccccc4[nH]3)C(C)C)cc21. The zero-order valence-corrected chi connectivity index (χ0v) is 17.0. The highest BCUT2D eigenvalue weighted by Gasteiger charge is 2.22. The lowest BCUT2D eigenvalue weighted by atomic mass is 10.0.